The Balaban J connectivity index is 1.58. The molecule has 0 radical (unpaired) electrons. The molecule has 0 aliphatic carbocycles. The second kappa shape index (κ2) is 7.95. The predicted octanol–water partition coefficient (Wildman–Crippen LogP) is 2.86. The van der Waals surface area contributed by atoms with Gasteiger partial charge in [-0.15, -0.1) is 0 Å². The smallest absolute Gasteiger partial charge is 0.240 e. The highest BCUT2D eigenvalue weighted by Gasteiger charge is 2.18. The zero-order chi connectivity index (χ0) is 17.7. The van der Waals surface area contributed by atoms with Crippen molar-refractivity contribution in [3.8, 4) is 17.2 Å². The molecule has 134 valence electrons. The number of ether oxygens (including phenoxy) is 3. The standard InChI is InChI=1S/C17H18ClNO5S/c18-13-2-4-14(5-3-13)22-11-8-19-25(20,21)15-6-7-16-17(12-15)24-10-1-9-23-16/h2-7,12,19H,1,8-11H2. The van der Waals surface area contributed by atoms with E-state index in [-0.39, 0.29) is 18.0 Å². The molecule has 3 rings (SSSR count). The van der Waals surface area contributed by atoms with Crippen LogP contribution < -0.4 is 18.9 Å². The summed E-state index contributed by atoms with van der Waals surface area (Å²) in [7, 11) is -3.65. The quantitative estimate of drug-likeness (QED) is 0.776. The lowest BCUT2D eigenvalue weighted by Gasteiger charge is -2.11. The first kappa shape index (κ1) is 17.8. The van der Waals surface area contributed by atoms with E-state index in [0.717, 1.165) is 6.42 Å². The molecule has 0 unspecified atom stereocenters. The average Bonchev–Trinajstić information content (AvgIpc) is 2.85. The van der Waals surface area contributed by atoms with Crippen molar-refractivity contribution in [2.24, 2.45) is 0 Å². The number of sulfonamides is 1. The van der Waals surface area contributed by atoms with Crippen LogP contribution in [0, 0.1) is 0 Å². The third kappa shape index (κ3) is 4.78. The number of rotatable bonds is 6. The van der Waals surface area contributed by atoms with E-state index in [1.807, 2.05) is 0 Å². The molecule has 6 nitrogen and oxygen atoms in total. The van der Waals surface area contributed by atoms with Crippen molar-refractivity contribution in [3.63, 3.8) is 0 Å². The van der Waals surface area contributed by atoms with Crippen LogP contribution in [0.25, 0.3) is 0 Å². The van der Waals surface area contributed by atoms with Crippen molar-refractivity contribution in [2.75, 3.05) is 26.4 Å². The van der Waals surface area contributed by atoms with Gasteiger partial charge >= 0.3 is 0 Å². The molecule has 0 aromatic heterocycles. The second-order valence-electron chi connectivity index (χ2n) is 5.36. The van der Waals surface area contributed by atoms with Crippen molar-refractivity contribution in [1.82, 2.24) is 4.72 Å². The molecule has 2 aromatic carbocycles. The third-order valence-corrected chi connectivity index (χ3v) is 5.22. The van der Waals surface area contributed by atoms with Gasteiger partial charge in [-0.25, -0.2) is 13.1 Å². The molecule has 1 N–H and O–H groups in total. The highest BCUT2D eigenvalue weighted by Crippen LogP contribution is 2.31. The summed E-state index contributed by atoms with van der Waals surface area (Å²) in [5.41, 5.74) is 0. The Kier molecular flexibility index (Phi) is 5.67. The molecule has 1 aliphatic rings. The van der Waals surface area contributed by atoms with Gasteiger partial charge in [-0.1, -0.05) is 11.6 Å². The van der Waals surface area contributed by atoms with Crippen LogP contribution in [-0.4, -0.2) is 34.8 Å². The molecule has 0 amide bonds. The van der Waals surface area contributed by atoms with E-state index in [1.54, 1.807) is 30.3 Å². The molecule has 0 bridgehead atoms. The largest absolute Gasteiger partial charge is 0.492 e. The SMILES string of the molecule is O=S(=O)(NCCOc1ccc(Cl)cc1)c1ccc2c(c1)OCCCO2. The first-order valence-corrected chi connectivity index (χ1v) is 9.68. The number of halogens is 1. The van der Waals surface area contributed by atoms with Gasteiger partial charge in [0.15, 0.2) is 11.5 Å². The normalized spacial score (nSPS) is 14.0. The zero-order valence-corrected chi connectivity index (χ0v) is 15.0. The minimum Gasteiger partial charge on any atom is -0.492 e. The molecule has 0 fully saturated rings. The molecule has 0 saturated heterocycles. The summed E-state index contributed by atoms with van der Waals surface area (Å²) in [4.78, 5) is 0.128. The van der Waals surface area contributed by atoms with Crippen LogP contribution in [0.3, 0.4) is 0 Å². The Morgan fingerprint density at radius 3 is 2.52 bits per heavy atom. The van der Waals surface area contributed by atoms with Gasteiger partial charge < -0.3 is 14.2 Å². The van der Waals surface area contributed by atoms with E-state index in [4.69, 9.17) is 25.8 Å². The highest BCUT2D eigenvalue weighted by molar-refractivity contribution is 7.89. The van der Waals surface area contributed by atoms with Gasteiger partial charge in [-0.3, -0.25) is 0 Å². The molecule has 1 aliphatic heterocycles. The number of fused-ring (bicyclic) bond motifs is 1. The number of hydrogen-bond donors (Lipinski definition) is 1. The summed E-state index contributed by atoms with van der Waals surface area (Å²) in [5, 5.41) is 0.613. The van der Waals surface area contributed by atoms with Crippen LogP contribution in [-0.2, 0) is 10.0 Å². The average molecular weight is 384 g/mol. The molecule has 2 aromatic rings. The van der Waals surface area contributed by atoms with Gasteiger partial charge in [0.25, 0.3) is 0 Å². The van der Waals surface area contributed by atoms with E-state index in [9.17, 15) is 8.42 Å². The van der Waals surface area contributed by atoms with E-state index in [0.29, 0.717) is 35.5 Å². The molecule has 0 atom stereocenters. The van der Waals surface area contributed by atoms with Crippen LogP contribution in [0.4, 0.5) is 0 Å². The Morgan fingerprint density at radius 1 is 1.04 bits per heavy atom. The van der Waals surface area contributed by atoms with Crippen LogP contribution in [0.1, 0.15) is 6.42 Å². The molecule has 25 heavy (non-hydrogen) atoms. The zero-order valence-electron chi connectivity index (χ0n) is 13.4. The Hall–Kier alpha value is -1.96. The summed E-state index contributed by atoms with van der Waals surface area (Å²) >= 11 is 5.79. The first-order valence-electron chi connectivity index (χ1n) is 7.82. The lowest BCUT2D eigenvalue weighted by molar-refractivity contribution is 0.297. The number of nitrogens with one attached hydrogen (secondary N) is 1. The van der Waals surface area contributed by atoms with Crippen LogP contribution >= 0.6 is 11.6 Å². The van der Waals surface area contributed by atoms with Crippen molar-refractivity contribution < 1.29 is 22.6 Å². The second-order valence-corrected chi connectivity index (χ2v) is 7.56. The molecular formula is C17H18ClNO5S. The third-order valence-electron chi connectivity index (χ3n) is 3.51. The lowest BCUT2D eigenvalue weighted by Crippen LogP contribution is -2.28. The first-order chi connectivity index (χ1) is 12.0. The molecule has 0 spiro atoms. The van der Waals surface area contributed by atoms with E-state index >= 15 is 0 Å². The van der Waals surface area contributed by atoms with E-state index in [2.05, 4.69) is 4.72 Å². The van der Waals surface area contributed by atoms with Crippen LogP contribution in [0.2, 0.25) is 5.02 Å². The fourth-order valence-electron chi connectivity index (χ4n) is 2.27. The maximum absolute atomic E-state index is 12.4. The van der Waals surface area contributed by atoms with Crippen molar-refractivity contribution in [3.05, 3.63) is 47.5 Å². The van der Waals surface area contributed by atoms with Crippen molar-refractivity contribution in [1.29, 1.82) is 0 Å². The lowest BCUT2D eigenvalue weighted by atomic mass is 10.3. The predicted molar refractivity (Wildman–Crippen MR) is 94.2 cm³/mol. The fourth-order valence-corrected chi connectivity index (χ4v) is 3.42. The fraction of sp³-hybridized carbons (Fsp3) is 0.294. The Labute approximate surface area is 151 Å². The minimum absolute atomic E-state index is 0.128. The molecule has 1 heterocycles. The summed E-state index contributed by atoms with van der Waals surface area (Å²) in [6.07, 6.45) is 0.761. The summed E-state index contributed by atoms with van der Waals surface area (Å²) in [5.74, 6) is 1.62. The monoisotopic (exact) mass is 383 g/mol. The van der Waals surface area contributed by atoms with E-state index < -0.39 is 10.0 Å². The van der Waals surface area contributed by atoms with E-state index in [1.165, 1.54) is 12.1 Å². The number of benzene rings is 2. The highest BCUT2D eigenvalue weighted by atomic mass is 35.5. The topological polar surface area (TPSA) is 73.9 Å². The van der Waals surface area contributed by atoms with Crippen molar-refractivity contribution >= 4 is 21.6 Å². The van der Waals surface area contributed by atoms with Crippen LogP contribution in [0.5, 0.6) is 17.2 Å². The maximum atomic E-state index is 12.4. The maximum Gasteiger partial charge on any atom is 0.240 e. The van der Waals surface area contributed by atoms with Gasteiger partial charge in [0.2, 0.25) is 10.0 Å². The van der Waals surface area contributed by atoms with Gasteiger partial charge in [0.05, 0.1) is 18.1 Å². The Bertz CT molecular complexity index is 823. The van der Waals surface area contributed by atoms with Crippen LogP contribution in [0.15, 0.2) is 47.4 Å². The van der Waals surface area contributed by atoms with Gasteiger partial charge in [0, 0.05) is 24.1 Å². The Morgan fingerprint density at radius 2 is 1.76 bits per heavy atom. The molecule has 8 heteroatoms. The van der Waals surface area contributed by atoms with Gasteiger partial charge in [-0.05, 0) is 36.4 Å². The van der Waals surface area contributed by atoms with Crippen molar-refractivity contribution in [2.45, 2.75) is 11.3 Å². The minimum atomic E-state index is -3.65. The van der Waals surface area contributed by atoms with Gasteiger partial charge in [0.1, 0.15) is 12.4 Å². The molecule has 0 saturated carbocycles. The number of hydrogen-bond acceptors (Lipinski definition) is 5. The summed E-state index contributed by atoms with van der Waals surface area (Å²) in [6, 6.07) is 11.4. The molecular weight excluding hydrogens is 366 g/mol. The summed E-state index contributed by atoms with van der Waals surface area (Å²) < 4.78 is 43.8. The summed E-state index contributed by atoms with van der Waals surface area (Å²) in [6.45, 7) is 1.39. The van der Waals surface area contributed by atoms with Gasteiger partial charge in [-0.2, -0.15) is 0 Å².